The number of ether oxygens (including phenoxy) is 3. The Labute approximate surface area is 170 Å². The van der Waals surface area contributed by atoms with Gasteiger partial charge in [0.05, 0.1) is 29.9 Å². The zero-order valence-electron chi connectivity index (χ0n) is 16.7. The van der Waals surface area contributed by atoms with E-state index in [9.17, 15) is 18.0 Å². The normalized spacial score (nSPS) is 10.9. The SMILES string of the molecule is CCOc1ccc(N(C)S(=O)(=O)c2ccc(C)c(C(=O)OCC(=O)OC)c2)cc1. The van der Waals surface area contributed by atoms with Gasteiger partial charge in [0.2, 0.25) is 0 Å². The van der Waals surface area contributed by atoms with Gasteiger partial charge < -0.3 is 14.2 Å². The minimum absolute atomic E-state index is 0.0510. The molecule has 0 fully saturated rings. The van der Waals surface area contributed by atoms with E-state index in [4.69, 9.17) is 9.47 Å². The number of hydrogen-bond donors (Lipinski definition) is 0. The molecule has 2 aromatic carbocycles. The molecule has 0 N–H and O–H groups in total. The molecule has 8 nitrogen and oxygen atoms in total. The maximum absolute atomic E-state index is 13.0. The van der Waals surface area contributed by atoms with Crippen molar-refractivity contribution in [3.05, 3.63) is 53.6 Å². The van der Waals surface area contributed by atoms with Crippen molar-refractivity contribution in [2.45, 2.75) is 18.7 Å². The Hall–Kier alpha value is -3.07. The van der Waals surface area contributed by atoms with Gasteiger partial charge in [-0.1, -0.05) is 6.07 Å². The number of esters is 2. The summed E-state index contributed by atoms with van der Waals surface area (Å²) in [6.45, 7) is 3.44. The summed E-state index contributed by atoms with van der Waals surface area (Å²) in [5.41, 5.74) is 1.00. The van der Waals surface area contributed by atoms with Gasteiger partial charge in [-0.3, -0.25) is 4.31 Å². The highest BCUT2D eigenvalue weighted by Gasteiger charge is 2.24. The summed E-state index contributed by atoms with van der Waals surface area (Å²) in [6.07, 6.45) is 0. The lowest BCUT2D eigenvalue weighted by Gasteiger charge is -2.20. The number of anilines is 1. The fourth-order valence-electron chi connectivity index (χ4n) is 2.46. The Morgan fingerprint density at radius 2 is 1.72 bits per heavy atom. The molecular weight excluding hydrogens is 398 g/mol. The molecule has 0 unspecified atom stereocenters. The molecular formula is C20H23NO7S. The summed E-state index contributed by atoms with van der Waals surface area (Å²) in [5.74, 6) is -0.892. The van der Waals surface area contributed by atoms with Crippen molar-refractivity contribution < 1.29 is 32.2 Å². The first kappa shape index (κ1) is 22.2. The number of nitrogens with zero attached hydrogens (tertiary/aromatic N) is 1. The number of aryl methyl sites for hydroxylation is 1. The predicted molar refractivity (Wildman–Crippen MR) is 107 cm³/mol. The van der Waals surface area contributed by atoms with Crippen LogP contribution in [0, 0.1) is 6.92 Å². The van der Waals surface area contributed by atoms with Crippen LogP contribution < -0.4 is 9.04 Å². The van der Waals surface area contributed by atoms with Crippen LogP contribution in [0.15, 0.2) is 47.4 Å². The monoisotopic (exact) mass is 421 g/mol. The van der Waals surface area contributed by atoms with Crippen LogP contribution in [0.1, 0.15) is 22.8 Å². The van der Waals surface area contributed by atoms with Crippen molar-refractivity contribution >= 4 is 27.6 Å². The molecule has 0 heterocycles. The van der Waals surface area contributed by atoms with Gasteiger partial charge in [0.1, 0.15) is 5.75 Å². The average molecular weight is 421 g/mol. The van der Waals surface area contributed by atoms with E-state index < -0.39 is 28.6 Å². The summed E-state index contributed by atoms with van der Waals surface area (Å²) in [7, 11) is -1.34. The van der Waals surface area contributed by atoms with E-state index >= 15 is 0 Å². The first-order chi connectivity index (χ1) is 13.7. The number of carbonyl (C=O) groups excluding carboxylic acids is 2. The first-order valence-electron chi connectivity index (χ1n) is 8.77. The molecule has 0 saturated carbocycles. The zero-order valence-corrected chi connectivity index (χ0v) is 17.5. The Morgan fingerprint density at radius 1 is 1.07 bits per heavy atom. The smallest absolute Gasteiger partial charge is 0.344 e. The van der Waals surface area contributed by atoms with Crippen LogP contribution >= 0.6 is 0 Å². The lowest BCUT2D eigenvalue weighted by atomic mass is 10.1. The highest BCUT2D eigenvalue weighted by atomic mass is 32.2. The van der Waals surface area contributed by atoms with E-state index in [1.807, 2.05) is 6.92 Å². The van der Waals surface area contributed by atoms with Crippen molar-refractivity contribution in [1.29, 1.82) is 0 Å². The number of hydrogen-bond acceptors (Lipinski definition) is 7. The molecule has 0 aliphatic rings. The number of rotatable bonds is 8. The van der Waals surface area contributed by atoms with Crippen LogP contribution in [0.4, 0.5) is 5.69 Å². The molecule has 0 radical (unpaired) electrons. The number of sulfonamides is 1. The highest BCUT2D eigenvalue weighted by Crippen LogP contribution is 2.26. The summed E-state index contributed by atoms with van der Waals surface area (Å²) >= 11 is 0. The van der Waals surface area contributed by atoms with E-state index in [0.717, 1.165) is 4.31 Å². The number of methoxy groups -OCH3 is 1. The van der Waals surface area contributed by atoms with Crippen LogP contribution in [-0.2, 0) is 24.3 Å². The van der Waals surface area contributed by atoms with Gasteiger partial charge in [0.25, 0.3) is 10.0 Å². The summed E-state index contributed by atoms with van der Waals surface area (Å²) < 4.78 is 41.8. The fourth-order valence-corrected chi connectivity index (χ4v) is 3.68. The molecule has 29 heavy (non-hydrogen) atoms. The van der Waals surface area contributed by atoms with Crippen molar-refractivity contribution in [3.8, 4) is 5.75 Å². The minimum Gasteiger partial charge on any atom is -0.494 e. The second-order valence-corrected chi connectivity index (χ2v) is 8.00. The molecule has 9 heteroatoms. The van der Waals surface area contributed by atoms with Gasteiger partial charge in [0, 0.05) is 7.05 Å². The molecule has 0 saturated heterocycles. The Morgan fingerprint density at radius 3 is 2.31 bits per heavy atom. The van der Waals surface area contributed by atoms with Crippen LogP contribution in [0.3, 0.4) is 0 Å². The van der Waals surface area contributed by atoms with Gasteiger partial charge >= 0.3 is 11.9 Å². The molecule has 2 aromatic rings. The van der Waals surface area contributed by atoms with Crippen molar-refractivity contribution in [2.24, 2.45) is 0 Å². The van der Waals surface area contributed by atoms with E-state index in [1.165, 1.54) is 32.4 Å². The van der Waals surface area contributed by atoms with Gasteiger partial charge in [-0.05, 0) is 55.8 Å². The van der Waals surface area contributed by atoms with Gasteiger partial charge in [0.15, 0.2) is 6.61 Å². The number of carbonyl (C=O) groups is 2. The highest BCUT2D eigenvalue weighted by molar-refractivity contribution is 7.92. The number of benzene rings is 2. The van der Waals surface area contributed by atoms with Crippen LogP contribution in [0.5, 0.6) is 5.75 Å². The van der Waals surface area contributed by atoms with Gasteiger partial charge in [-0.2, -0.15) is 0 Å². The first-order valence-corrected chi connectivity index (χ1v) is 10.2. The third-order valence-electron chi connectivity index (χ3n) is 4.15. The van der Waals surface area contributed by atoms with Crippen molar-refractivity contribution in [1.82, 2.24) is 0 Å². The molecule has 2 rings (SSSR count). The summed E-state index contributed by atoms with van der Waals surface area (Å²) in [6, 6.07) is 10.8. The van der Waals surface area contributed by atoms with Crippen molar-refractivity contribution in [3.63, 3.8) is 0 Å². The second-order valence-electron chi connectivity index (χ2n) is 6.03. The zero-order chi connectivity index (χ0) is 21.6. The molecule has 0 spiro atoms. The maximum Gasteiger partial charge on any atom is 0.344 e. The second kappa shape index (κ2) is 9.42. The minimum atomic E-state index is -3.93. The quantitative estimate of drug-likeness (QED) is 0.604. The van der Waals surface area contributed by atoms with Gasteiger partial charge in [-0.25, -0.2) is 18.0 Å². The van der Waals surface area contributed by atoms with Crippen LogP contribution in [0.25, 0.3) is 0 Å². The Kier molecular flexibility index (Phi) is 7.22. The molecule has 0 atom stereocenters. The fraction of sp³-hybridized carbons (Fsp3) is 0.300. The molecule has 0 amide bonds. The lowest BCUT2D eigenvalue weighted by molar-refractivity contribution is -0.144. The van der Waals surface area contributed by atoms with E-state index in [1.54, 1.807) is 31.2 Å². The van der Waals surface area contributed by atoms with Crippen LogP contribution in [-0.4, -0.2) is 47.7 Å². The lowest BCUT2D eigenvalue weighted by Crippen LogP contribution is -2.27. The van der Waals surface area contributed by atoms with Crippen molar-refractivity contribution in [2.75, 3.05) is 31.7 Å². The Bertz CT molecular complexity index is 984. The van der Waals surface area contributed by atoms with Gasteiger partial charge in [-0.15, -0.1) is 0 Å². The molecule has 0 aromatic heterocycles. The summed E-state index contributed by atoms with van der Waals surface area (Å²) in [4.78, 5) is 23.3. The van der Waals surface area contributed by atoms with E-state index in [2.05, 4.69) is 4.74 Å². The molecule has 156 valence electrons. The topological polar surface area (TPSA) is 99.2 Å². The standard InChI is InChI=1S/C20H23NO7S/c1-5-27-16-9-7-15(8-10-16)21(3)29(24,25)17-11-6-14(2)18(12-17)20(23)28-13-19(22)26-4/h6-12H,5,13H2,1-4H3. The third-order valence-corrected chi connectivity index (χ3v) is 5.93. The molecule has 0 aliphatic heterocycles. The average Bonchev–Trinajstić information content (AvgIpc) is 2.72. The van der Waals surface area contributed by atoms with E-state index in [-0.39, 0.29) is 10.5 Å². The summed E-state index contributed by atoms with van der Waals surface area (Å²) in [5, 5.41) is 0. The van der Waals surface area contributed by atoms with E-state index in [0.29, 0.717) is 23.6 Å². The molecule has 0 bridgehead atoms. The predicted octanol–water partition coefficient (Wildman–Crippen LogP) is 2.55. The third kappa shape index (κ3) is 5.26. The largest absolute Gasteiger partial charge is 0.494 e. The maximum atomic E-state index is 13.0. The molecule has 0 aliphatic carbocycles. The van der Waals surface area contributed by atoms with Crippen LogP contribution in [0.2, 0.25) is 0 Å². The Balaban J connectivity index is 2.29.